The van der Waals surface area contributed by atoms with Gasteiger partial charge in [0.05, 0.1) is 34.0 Å². The third-order valence-electron chi connectivity index (χ3n) is 5.57. The summed E-state index contributed by atoms with van der Waals surface area (Å²) < 4.78 is 21.8. The molecule has 0 bridgehead atoms. The monoisotopic (exact) mass is 404 g/mol. The van der Waals surface area contributed by atoms with Gasteiger partial charge in [-0.05, 0) is 60.2 Å². The average molecular weight is 404 g/mol. The predicted octanol–water partition coefficient (Wildman–Crippen LogP) is 2.97. The molecule has 1 heterocycles. The lowest BCUT2D eigenvalue weighted by Gasteiger charge is -2.22. The summed E-state index contributed by atoms with van der Waals surface area (Å²) in [6.07, 6.45) is 0.322. The van der Waals surface area contributed by atoms with Gasteiger partial charge in [0.2, 0.25) is 5.75 Å². The van der Waals surface area contributed by atoms with Gasteiger partial charge in [0.15, 0.2) is 23.0 Å². The molecule has 3 unspecified atom stereocenters. The zero-order chi connectivity index (χ0) is 21.1. The van der Waals surface area contributed by atoms with E-state index >= 15 is 0 Å². The van der Waals surface area contributed by atoms with E-state index in [0.29, 0.717) is 35.8 Å². The predicted molar refractivity (Wildman–Crippen MR) is 107 cm³/mol. The van der Waals surface area contributed by atoms with E-state index in [4.69, 9.17) is 18.9 Å². The van der Waals surface area contributed by atoms with E-state index in [1.807, 2.05) is 6.07 Å². The first-order valence-corrected chi connectivity index (χ1v) is 9.47. The van der Waals surface area contributed by atoms with Crippen molar-refractivity contribution in [1.29, 1.82) is 0 Å². The van der Waals surface area contributed by atoms with Gasteiger partial charge in [0.1, 0.15) is 0 Å². The zero-order valence-corrected chi connectivity index (χ0v) is 17.1. The van der Waals surface area contributed by atoms with Crippen LogP contribution in [-0.2, 0) is 11.2 Å². The average Bonchev–Trinajstić information content (AvgIpc) is 3.13. The van der Waals surface area contributed by atoms with Crippen molar-refractivity contribution in [1.82, 2.24) is 0 Å². The van der Waals surface area contributed by atoms with E-state index in [9.17, 15) is 15.3 Å². The molecule has 2 aromatic rings. The summed E-state index contributed by atoms with van der Waals surface area (Å²) >= 11 is 0. The highest BCUT2D eigenvalue weighted by molar-refractivity contribution is 5.53. The lowest BCUT2D eigenvalue weighted by molar-refractivity contribution is 0.0716. The second-order valence-corrected chi connectivity index (χ2v) is 7.30. The smallest absolute Gasteiger partial charge is 0.200 e. The third-order valence-corrected chi connectivity index (χ3v) is 5.57. The van der Waals surface area contributed by atoms with Crippen molar-refractivity contribution >= 4 is 0 Å². The normalized spacial score (nSPS) is 21.2. The first kappa shape index (κ1) is 21.1. The van der Waals surface area contributed by atoms with Gasteiger partial charge in [-0.3, -0.25) is 0 Å². The van der Waals surface area contributed by atoms with Crippen molar-refractivity contribution in [3.05, 3.63) is 41.0 Å². The molecular weight excluding hydrogens is 376 g/mol. The molecule has 0 amide bonds. The number of phenols is 2. The van der Waals surface area contributed by atoms with Crippen molar-refractivity contribution in [2.45, 2.75) is 19.4 Å². The van der Waals surface area contributed by atoms with E-state index in [0.717, 1.165) is 11.1 Å². The van der Waals surface area contributed by atoms with Crippen LogP contribution in [0, 0.1) is 18.8 Å². The zero-order valence-electron chi connectivity index (χ0n) is 17.1. The van der Waals surface area contributed by atoms with E-state index < -0.39 is 0 Å². The van der Waals surface area contributed by atoms with Gasteiger partial charge in [-0.15, -0.1) is 0 Å². The molecule has 158 valence electrons. The van der Waals surface area contributed by atoms with Gasteiger partial charge in [0, 0.05) is 12.5 Å². The fourth-order valence-corrected chi connectivity index (χ4v) is 3.98. The lowest BCUT2D eigenvalue weighted by atomic mass is 9.84. The van der Waals surface area contributed by atoms with Crippen molar-refractivity contribution < 1.29 is 34.3 Å². The summed E-state index contributed by atoms with van der Waals surface area (Å²) in [5.41, 5.74) is 2.47. The van der Waals surface area contributed by atoms with Crippen LogP contribution in [0.25, 0.3) is 0 Å². The molecule has 0 aromatic heterocycles. The first-order chi connectivity index (χ1) is 13.9. The van der Waals surface area contributed by atoms with Crippen molar-refractivity contribution in [2.75, 3.05) is 34.5 Å². The van der Waals surface area contributed by atoms with Gasteiger partial charge in [-0.2, -0.15) is 0 Å². The van der Waals surface area contributed by atoms with Crippen LogP contribution in [0.1, 0.15) is 22.8 Å². The Morgan fingerprint density at radius 2 is 1.52 bits per heavy atom. The Morgan fingerprint density at radius 3 is 2.07 bits per heavy atom. The summed E-state index contributed by atoms with van der Waals surface area (Å²) in [6.45, 7) is 2.24. The molecule has 3 N–H and O–H groups in total. The van der Waals surface area contributed by atoms with Gasteiger partial charge in [0.25, 0.3) is 0 Å². The summed E-state index contributed by atoms with van der Waals surface area (Å²) in [6, 6.07) is 7.16. The maximum Gasteiger partial charge on any atom is 0.200 e. The molecule has 2 aromatic carbocycles. The Kier molecular flexibility index (Phi) is 6.39. The van der Waals surface area contributed by atoms with Crippen molar-refractivity contribution in [3.63, 3.8) is 0 Å². The maximum atomic E-state index is 10.1. The van der Waals surface area contributed by atoms with E-state index in [1.54, 1.807) is 25.1 Å². The van der Waals surface area contributed by atoms with Gasteiger partial charge in [-0.1, -0.05) is 0 Å². The number of benzene rings is 2. The Bertz CT molecular complexity index is 839. The minimum Gasteiger partial charge on any atom is -0.504 e. The number of aliphatic hydroxyl groups is 1. The molecular formula is C22H28O7. The molecule has 3 atom stereocenters. The third kappa shape index (κ3) is 4.06. The van der Waals surface area contributed by atoms with Crippen molar-refractivity contribution in [3.8, 4) is 28.7 Å². The molecule has 1 fully saturated rings. The highest BCUT2D eigenvalue weighted by atomic mass is 16.5. The van der Waals surface area contributed by atoms with E-state index in [1.165, 1.54) is 21.3 Å². The van der Waals surface area contributed by atoms with Crippen LogP contribution in [0.15, 0.2) is 24.3 Å². The molecule has 0 aliphatic carbocycles. The molecule has 1 aliphatic heterocycles. The van der Waals surface area contributed by atoms with Crippen LogP contribution in [0.2, 0.25) is 0 Å². The number of hydrogen-bond acceptors (Lipinski definition) is 7. The Morgan fingerprint density at radius 1 is 0.931 bits per heavy atom. The number of aromatic hydroxyl groups is 2. The highest BCUT2D eigenvalue weighted by Gasteiger charge is 2.38. The van der Waals surface area contributed by atoms with Crippen molar-refractivity contribution in [2.24, 2.45) is 11.8 Å². The lowest BCUT2D eigenvalue weighted by Crippen LogP contribution is -2.21. The SMILES string of the molecule is COc1cc(C2OCC(Cc3cc(OC)c(O)c(OC)c3)C2CO)cc(C)c1O. The molecule has 7 heteroatoms. The molecule has 1 aliphatic rings. The molecule has 29 heavy (non-hydrogen) atoms. The summed E-state index contributed by atoms with van der Waals surface area (Å²) in [5.74, 6) is 1.07. The van der Waals surface area contributed by atoms with Gasteiger partial charge in [-0.25, -0.2) is 0 Å². The van der Waals surface area contributed by atoms with Gasteiger partial charge >= 0.3 is 0 Å². The number of aryl methyl sites for hydroxylation is 1. The molecule has 0 saturated carbocycles. The molecule has 1 saturated heterocycles. The Hall–Kier alpha value is -2.64. The highest BCUT2D eigenvalue weighted by Crippen LogP contribution is 2.44. The Balaban J connectivity index is 1.86. The maximum absolute atomic E-state index is 10.1. The second kappa shape index (κ2) is 8.80. The van der Waals surface area contributed by atoms with E-state index in [2.05, 4.69) is 0 Å². The van der Waals surface area contributed by atoms with Crippen LogP contribution in [0.5, 0.6) is 28.7 Å². The number of aliphatic hydroxyl groups excluding tert-OH is 1. The minimum absolute atomic E-state index is 0.0373. The van der Waals surface area contributed by atoms with Gasteiger partial charge < -0.3 is 34.3 Å². The summed E-state index contributed by atoms with van der Waals surface area (Å²) in [5, 5.41) is 30.3. The Labute approximate surface area is 170 Å². The molecule has 3 rings (SSSR count). The topological polar surface area (TPSA) is 97.6 Å². The van der Waals surface area contributed by atoms with Crippen LogP contribution < -0.4 is 14.2 Å². The van der Waals surface area contributed by atoms with Crippen LogP contribution >= 0.6 is 0 Å². The number of methoxy groups -OCH3 is 3. The van der Waals surface area contributed by atoms with E-state index in [-0.39, 0.29) is 36.0 Å². The van der Waals surface area contributed by atoms with Crippen LogP contribution in [0.4, 0.5) is 0 Å². The standard InChI is InChI=1S/C22H28O7/c1-12-5-14(9-19(28-4)20(12)24)22-16(10-23)15(11-29-22)6-13-7-17(26-2)21(25)18(8-13)27-3/h5,7-9,15-16,22-25H,6,10-11H2,1-4H3. The van der Waals surface area contributed by atoms with Crippen LogP contribution in [-0.4, -0.2) is 49.9 Å². The van der Waals surface area contributed by atoms with Crippen LogP contribution in [0.3, 0.4) is 0 Å². The number of hydrogen-bond donors (Lipinski definition) is 3. The second-order valence-electron chi connectivity index (χ2n) is 7.30. The number of phenolic OH excluding ortho intramolecular Hbond substituents is 2. The number of ether oxygens (including phenoxy) is 4. The molecule has 0 spiro atoms. The fourth-order valence-electron chi connectivity index (χ4n) is 3.98. The molecule has 7 nitrogen and oxygen atoms in total. The minimum atomic E-state index is -0.306. The quantitative estimate of drug-likeness (QED) is 0.653. The summed E-state index contributed by atoms with van der Waals surface area (Å²) in [4.78, 5) is 0. The first-order valence-electron chi connectivity index (χ1n) is 9.47. The largest absolute Gasteiger partial charge is 0.504 e. The fraction of sp³-hybridized carbons (Fsp3) is 0.455. The molecule has 0 radical (unpaired) electrons. The number of rotatable bonds is 7. The summed E-state index contributed by atoms with van der Waals surface area (Å²) in [7, 11) is 4.49.